The van der Waals surface area contributed by atoms with E-state index in [-0.39, 0.29) is 23.8 Å². The van der Waals surface area contributed by atoms with Crippen LogP contribution in [0.2, 0.25) is 0 Å². The van der Waals surface area contributed by atoms with E-state index in [9.17, 15) is 4.79 Å². The number of aromatic nitrogens is 2. The molecule has 3 rings (SSSR count). The number of carbonyl (C=O) groups excluding carboxylic acids is 1. The summed E-state index contributed by atoms with van der Waals surface area (Å²) in [5.41, 5.74) is 0. The minimum Gasteiger partial charge on any atom is -0.378 e. The van der Waals surface area contributed by atoms with Crippen LogP contribution in [0.3, 0.4) is 0 Å². The fraction of sp³-hybridized carbons (Fsp3) is 0.812. The number of hydrogen-bond acceptors (Lipinski definition) is 5. The van der Waals surface area contributed by atoms with Crippen LogP contribution in [0, 0.1) is 0 Å². The Morgan fingerprint density at radius 3 is 2.91 bits per heavy atom. The molecule has 0 bridgehead atoms. The Morgan fingerprint density at radius 2 is 2.23 bits per heavy atom. The van der Waals surface area contributed by atoms with E-state index in [1.165, 1.54) is 0 Å². The number of piperidine rings is 1. The standard InChI is InChI=1S/C16H25N3O3/c1-11(2)16-17-15(18-22-16)12-5-3-7-19(10-12)14(20)9-13-6-4-8-21-13/h11-13H,3-10H2,1-2H3/t12-,13-/m0/s1. The highest BCUT2D eigenvalue weighted by Crippen LogP contribution is 2.27. The Labute approximate surface area is 131 Å². The first kappa shape index (κ1) is 15.5. The van der Waals surface area contributed by atoms with Crippen LogP contribution in [0.5, 0.6) is 0 Å². The van der Waals surface area contributed by atoms with E-state index in [1.54, 1.807) is 0 Å². The smallest absolute Gasteiger partial charge is 0.229 e. The summed E-state index contributed by atoms with van der Waals surface area (Å²) in [6.45, 7) is 6.40. The predicted octanol–water partition coefficient (Wildman–Crippen LogP) is 2.47. The number of amides is 1. The van der Waals surface area contributed by atoms with Gasteiger partial charge >= 0.3 is 0 Å². The first-order chi connectivity index (χ1) is 10.6. The maximum atomic E-state index is 12.4. The van der Waals surface area contributed by atoms with Gasteiger partial charge in [0.05, 0.1) is 12.5 Å². The molecule has 0 saturated carbocycles. The van der Waals surface area contributed by atoms with Crippen molar-refractivity contribution in [1.29, 1.82) is 0 Å². The van der Waals surface area contributed by atoms with E-state index < -0.39 is 0 Å². The fourth-order valence-corrected chi connectivity index (χ4v) is 3.19. The van der Waals surface area contributed by atoms with Crippen LogP contribution in [-0.2, 0) is 9.53 Å². The quantitative estimate of drug-likeness (QED) is 0.854. The zero-order chi connectivity index (χ0) is 15.5. The van der Waals surface area contributed by atoms with Crippen LogP contribution < -0.4 is 0 Å². The van der Waals surface area contributed by atoms with E-state index >= 15 is 0 Å². The average Bonchev–Trinajstić information content (AvgIpc) is 3.18. The summed E-state index contributed by atoms with van der Waals surface area (Å²) in [6.07, 6.45) is 4.71. The van der Waals surface area contributed by atoms with Gasteiger partial charge in [0.1, 0.15) is 0 Å². The molecule has 0 aliphatic carbocycles. The third-order valence-electron chi connectivity index (χ3n) is 4.52. The zero-order valence-electron chi connectivity index (χ0n) is 13.5. The van der Waals surface area contributed by atoms with E-state index in [0.717, 1.165) is 44.7 Å². The molecule has 6 nitrogen and oxygen atoms in total. The summed E-state index contributed by atoms with van der Waals surface area (Å²) in [6, 6.07) is 0. The molecule has 22 heavy (non-hydrogen) atoms. The molecule has 0 spiro atoms. The van der Waals surface area contributed by atoms with Crippen molar-refractivity contribution in [2.75, 3.05) is 19.7 Å². The topological polar surface area (TPSA) is 68.5 Å². The molecule has 1 amide bonds. The maximum absolute atomic E-state index is 12.4. The largest absolute Gasteiger partial charge is 0.378 e. The average molecular weight is 307 g/mol. The normalized spacial score (nSPS) is 25.9. The lowest BCUT2D eigenvalue weighted by molar-refractivity contribution is -0.134. The van der Waals surface area contributed by atoms with Gasteiger partial charge in [-0.15, -0.1) is 0 Å². The van der Waals surface area contributed by atoms with Crippen molar-refractivity contribution < 1.29 is 14.1 Å². The van der Waals surface area contributed by atoms with Gasteiger partial charge in [-0.25, -0.2) is 0 Å². The molecule has 2 atom stereocenters. The zero-order valence-corrected chi connectivity index (χ0v) is 13.5. The molecule has 122 valence electrons. The van der Waals surface area contributed by atoms with Crippen LogP contribution in [0.1, 0.15) is 69.5 Å². The van der Waals surface area contributed by atoms with Crippen LogP contribution in [0.4, 0.5) is 0 Å². The number of likely N-dealkylation sites (tertiary alicyclic amines) is 1. The molecule has 2 aliphatic heterocycles. The summed E-state index contributed by atoms with van der Waals surface area (Å²) in [4.78, 5) is 18.9. The van der Waals surface area contributed by atoms with Crippen LogP contribution in [0.15, 0.2) is 4.52 Å². The first-order valence-corrected chi connectivity index (χ1v) is 8.36. The maximum Gasteiger partial charge on any atom is 0.229 e. The summed E-state index contributed by atoms with van der Waals surface area (Å²) in [7, 11) is 0. The molecule has 0 aromatic carbocycles. The number of rotatable bonds is 4. The third kappa shape index (κ3) is 3.48. The van der Waals surface area contributed by atoms with Crippen LogP contribution >= 0.6 is 0 Å². The van der Waals surface area contributed by atoms with Crippen molar-refractivity contribution in [1.82, 2.24) is 15.0 Å². The van der Waals surface area contributed by atoms with E-state index in [0.29, 0.717) is 18.9 Å². The van der Waals surface area contributed by atoms with Crippen molar-refractivity contribution in [2.45, 2.75) is 63.9 Å². The number of hydrogen-bond donors (Lipinski definition) is 0. The van der Waals surface area contributed by atoms with Gasteiger partial charge in [-0.05, 0) is 25.7 Å². The van der Waals surface area contributed by atoms with Gasteiger partial charge in [-0.3, -0.25) is 4.79 Å². The molecule has 1 aromatic rings. The molecule has 6 heteroatoms. The molecule has 2 fully saturated rings. The van der Waals surface area contributed by atoms with Gasteiger partial charge in [0.15, 0.2) is 5.82 Å². The minimum absolute atomic E-state index is 0.116. The lowest BCUT2D eigenvalue weighted by Crippen LogP contribution is -2.40. The Morgan fingerprint density at radius 1 is 1.36 bits per heavy atom. The van der Waals surface area contributed by atoms with Gasteiger partial charge in [-0.2, -0.15) is 4.98 Å². The van der Waals surface area contributed by atoms with E-state index in [4.69, 9.17) is 9.26 Å². The summed E-state index contributed by atoms with van der Waals surface area (Å²) in [5, 5.41) is 4.11. The van der Waals surface area contributed by atoms with E-state index in [1.807, 2.05) is 18.7 Å². The van der Waals surface area contributed by atoms with Crippen molar-refractivity contribution in [3.63, 3.8) is 0 Å². The molecule has 2 aliphatic rings. The lowest BCUT2D eigenvalue weighted by Gasteiger charge is -2.32. The lowest BCUT2D eigenvalue weighted by atomic mass is 9.96. The Kier molecular flexibility index (Phi) is 4.76. The second kappa shape index (κ2) is 6.77. The molecule has 3 heterocycles. The van der Waals surface area contributed by atoms with E-state index in [2.05, 4.69) is 10.1 Å². The predicted molar refractivity (Wildman–Crippen MR) is 80.5 cm³/mol. The van der Waals surface area contributed by atoms with Gasteiger partial charge in [0, 0.05) is 31.5 Å². The van der Waals surface area contributed by atoms with Crippen LogP contribution in [0.25, 0.3) is 0 Å². The monoisotopic (exact) mass is 307 g/mol. The SMILES string of the molecule is CC(C)c1nc([C@H]2CCCN(C(=O)C[C@@H]3CCCO3)C2)no1. The van der Waals surface area contributed by atoms with Crippen molar-refractivity contribution in [3.8, 4) is 0 Å². The highest BCUT2D eigenvalue weighted by molar-refractivity contribution is 5.76. The highest BCUT2D eigenvalue weighted by Gasteiger charge is 2.30. The van der Waals surface area contributed by atoms with Crippen molar-refractivity contribution in [3.05, 3.63) is 11.7 Å². The minimum atomic E-state index is 0.116. The second-order valence-corrected chi connectivity index (χ2v) is 6.66. The Hall–Kier alpha value is -1.43. The fourth-order valence-electron chi connectivity index (χ4n) is 3.19. The third-order valence-corrected chi connectivity index (χ3v) is 4.52. The second-order valence-electron chi connectivity index (χ2n) is 6.66. The summed E-state index contributed by atoms with van der Waals surface area (Å²) in [5.74, 6) is 2.06. The Bertz CT molecular complexity index is 508. The number of ether oxygens (including phenoxy) is 1. The highest BCUT2D eigenvalue weighted by atomic mass is 16.5. The molecular formula is C16H25N3O3. The van der Waals surface area contributed by atoms with Gasteiger partial charge < -0.3 is 14.2 Å². The molecule has 1 aromatic heterocycles. The molecule has 2 saturated heterocycles. The van der Waals surface area contributed by atoms with Crippen LogP contribution in [-0.4, -0.2) is 46.7 Å². The number of carbonyl (C=O) groups is 1. The number of nitrogens with zero attached hydrogens (tertiary/aromatic N) is 3. The van der Waals surface area contributed by atoms with Gasteiger partial charge in [-0.1, -0.05) is 19.0 Å². The summed E-state index contributed by atoms with van der Waals surface area (Å²) < 4.78 is 10.9. The van der Waals surface area contributed by atoms with Crippen molar-refractivity contribution >= 4 is 5.91 Å². The van der Waals surface area contributed by atoms with Gasteiger partial charge in [0.2, 0.25) is 11.8 Å². The molecule has 0 unspecified atom stereocenters. The first-order valence-electron chi connectivity index (χ1n) is 8.36. The summed E-state index contributed by atoms with van der Waals surface area (Å²) >= 11 is 0. The molecule has 0 radical (unpaired) electrons. The van der Waals surface area contributed by atoms with Gasteiger partial charge in [0.25, 0.3) is 0 Å². The Balaban J connectivity index is 1.59. The molecular weight excluding hydrogens is 282 g/mol. The molecule has 0 N–H and O–H groups in total. The van der Waals surface area contributed by atoms with Crippen molar-refractivity contribution in [2.24, 2.45) is 0 Å².